The molecule has 0 aliphatic carbocycles. The molecule has 0 aromatic carbocycles. The summed E-state index contributed by atoms with van der Waals surface area (Å²) in [7, 11) is -1.98. The van der Waals surface area contributed by atoms with E-state index in [4.69, 9.17) is 9.47 Å². The molecule has 0 atom stereocenters. The zero-order valence-electron chi connectivity index (χ0n) is 26.8. The molecule has 0 radical (unpaired) electrons. The summed E-state index contributed by atoms with van der Waals surface area (Å²) in [6, 6.07) is 0. The third-order valence-corrected chi connectivity index (χ3v) is 9.72. The summed E-state index contributed by atoms with van der Waals surface area (Å²) < 4.78 is 38.7. The third-order valence-electron chi connectivity index (χ3n) is 7.94. The molecule has 0 aliphatic rings. The van der Waals surface area contributed by atoms with Crippen molar-refractivity contribution in [2.75, 3.05) is 32.6 Å². The molecule has 0 spiro atoms. The monoisotopic (exact) mass is 562 g/mol. The Balaban J connectivity index is 4.75. The molecule has 0 saturated carbocycles. The molecule has 0 fully saturated rings. The van der Waals surface area contributed by atoms with Crippen LogP contribution in [-0.4, -0.2) is 63.9 Å². The number of sulfonamides is 1. The van der Waals surface area contributed by atoms with E-state index >= 15 is 0 Å². The van der Waals surface area contributed by atoms with Crippen LogP contribution in [0.15, 0.2) is 0 Å². The van der Waals surface area contributed by atoms with E-state index in [-0.39, 0.29) is 22.9 Å². The first-order valence-electron chi connectivity index (χ1n) is 13.7. The van der Waals surface area contributed by atoms with Gasteiger partial charge >= 0.3 is 0 Å². The van der Waals surface area contributed by atoms with Crippen LogP contribution in [0.4, 0.5) is 0 Å². The van der Waals surface area contributed by atoms with Crippen LogP contribution in [0.25, 0.3) is 0 Å². The van der Waals surface area contributed by atoms with Gasteiger partial charge in [-0.3, -0.25) is 9.59 Å². The number of carbonyl (C=O) groups excluding carboxylic acids is 2. The number of rotatable bonds is 18. The highest BCUT2D eigenvalue weighted by Crippen LogP contribution is 2.44. The van der Waals surface area contributed by atoms with E-state index in [1.54, 1.807) is 6.92 Å². The van der Waals surface area contributed by atoms with Crippen LogP contribution in [0.3, 0.4) is 0 Å². The van der Waals surface area contributed by atoms with E-state index in [2.05, 4.69) is 37.7 Å². The van der Waals surface area contributed by atoms with E-state index in [0.29, 0.717) is 32.6 Å². The highest BCUT2D eigenvalue weighted by atomic mass is 32.2. The zero-order valence-corrected chi connectivity index (χ0v) is 27.6. The van der Waals surface area contributed by atoms with E-state index < -0.39 is 37.5 Å². The van der Waals surface area contributed by atoms with Gasteiger partial charge in [-0.2, -0.15) is 0 Å². The fourth-order valence-electron chi connectivity index (χ4n) is 4.91. The summed E-state index contributed by atoms with van der Waals surface area (Å²) in [6.07, 6.45) is 1.82. The first-order valence-corrected chi connectivity index (χ1v) is 15.3. The number of hydrogen-bond donors (Lipinski definition) is 2. The van der Waals surface area contributed by atoms with Crippen molar-refractivity contribution >= 4 is 21.7 Å². The molecule has 38 heavy (non-hydrogen) atoms. The molecular formula is C29H58N2O6S. The minimum atomic E-state index is -3.38. The maximum atomic E-state index is 12.8. The lowest BCUT2D eigenvalue weighted by atomic mass is 9.66. The lowest BCUT2D eigenvalue weighted by molar-refractivity contribution is -0.140. The average Bonchev–Trinajstić information content (AvgIpc) is 2.68. The summed E-state index contributed by atoms with van der Waals surface area (Å²) in [5, 5.41) is 2.94. The zero-order chi connectivity index (χ0) is 30.4. The second-order valence-electron chi connectivity index (χ2n) is 14.7. The summed E-state index contributed by atoms with van der Waals surface area (Å²) in [5.41, 5.74) is -2.79. The smallest absolute Gasteiger partial charge is 0.225 e. The molecular weight excluding hydrogens is 504 g/mol. The van der Waals surface area contributed by atoms with Gasteiger partial charge in [0.15, 0.2) is 0 Å². The minimum absolute atomic E-state index is 0.0466. The van der Waals surface area contributed by atoms with Gasteiger partial charge in [0.05, 0.1) is 30.2 Å². The van der Waals surface area contributed by atoms with Crippen molar-refractivity contribution in [1.29, 1.82) is 0 Å². The quantitative estimate of drug-likeness (QED) is 0.225. The second-order valence-corrected chi connectivity index (χ2v) is 16.6. The van der Waals surface area contributed by atoms with Crippen molar-refractivity contribution in [2.24, 2.45) is 21.7 Å². The van der Waals surface area contributed by atoms with E-state index in [0.717, 1.165) is 6.42 Å². The summed E-state index contributed by atoms with van der Waals surface area (Å²) in [6.45, 7) is 26.7. The molecule has 8 nitrogen and oxygen atoms in total. The standard InChI is InChI=1S/C29H58N2O6S/c1-22(32)25(4,5)20-27(8,9)29(12,13)37-17-15-28(10,11)36-18-16-31-23(33)26(6,7)19-24(2,3)21-38(34,35)30-14/h30H,15-21H2,1-14H3,(H,31,33). The van der Waals surface area contributed by atoms with Gasteiger partial charge in [-0.25, -0.2) is 13.1 Å². The van der Waals surface area contributed by atoms with E-state index in [9.17, 15) is 18.0 Å². The van der Waals surface area contributed by atoms with Crippen LogP contribution in [0, 0.1) is 21.7 Å². The van der Waals surface area contributed by atoms with Crippen LogP contribution < -0.4 is 10.0 Å². The first kappa shape index (κ1) is 37.0. The number of ether oxygens (including phenoxy) is 2. The number of nitrogens with one attached hydrogen (secondary N) is 2. The van der Waals surface area contributed by atoms with Crippen LogP contribution in [-0.2, 0) is 29.1 Å². The van der Waals surface area contributed by atoms with Crippen molar-refractivity contribution in [1.82, 2.24) is 10.0 Å². The van der Waals surface area contributed by atoms with Crippen LogP contribution >= 0.6 is 0 Å². The lowest BCUT2D eigenvalue weighted by Gasteiger charge is -2.45. The Bertz CT molecular complexity index is 902. The highest BCUT2D eigenvalue weighted by molar-refractivity contribution is 7.89. The number of ketones is 1. The first-order chi connectivity index (χ1) is 16.7. The summed E-state index contributed by atoms with van der Waals surface area (Å²) in [5.74, 6) is 0.00109. The molecule has 0 saturated heterocycles. The maximum absolute atomic E-state index is 12.8. The predicted octanol–water partition coefficient (Wildman–Crippen LogP) is 5.11. The average molecular weight is 563 g/mol. The Morgan fingerprint density at radius 2 is 1.29 bits per heavy atom. The largest absolute Gasteiger partial charge is 0.375 e. The number of amides is 1. The van der Waals surface area contributed by atoms with Crippen LogP contribution in [0.1, 0.15) is 109 Å². The van der Waals surface area contributed by atoms with Gasteiger partial charge in [0.25, 0.3) is 0 Å². The Labute approximate surface area is 233 Å². The molecule has 0 unspecified atom stereocenters. The molecule has 0 bridgehead atoms. The van der Waals surface area contributed by atoms with Gasteiger partial charge in [0, 0.05) is 17.4 Å². The van der Waals surface area contributed by atoms with E-state index in [1.807, 2.05) is 55.4 Å². The van der Waals surface area contributed by atoms with Gasteiger partial charge in [-0.05, 0) is 71.8 Å². The molecule has 226 valence electrons. The Morgan fingerprint density at radius 1 is 0.763 bits per heavy atom. The van der Waals surface area contributed by atoms with Crippen LogP contribution in [0.2, 0.25) is 0 Å². The highest BCUT2D eigenvalue weighted by Gasteiger charge is 2.43. The predicted molar refractivity (Wildman–Crippen MR) is 156 cm³/mol. The number of carbonyl (C=O) groups is 2. The van der Waals surface area contributed by atoms with E-state index in [1.165, 1.54) is 7.05 Å². The Hall–Kier alpha value is -1.03. The van der Waals surface area contributed by atoms with Gasteiger partial charge in [-0.1, -0.05) is 55.4 Å². The second kappa shape index (κ2) is 13.1. The molecule has 0 heterocycles. The number of Topliss-reactive ketones (excluding diaryl/α,β-unsaturated/α-hetero) is 1. The molecule has 1 amide bonds. The van der Waals surface area contributed by atoms with Crippen LogP contribution in [0.5, 0.6) is 0 Å². The fraction of sp³-hybridized carbons (Fsp3) is 0.931. The Morgan fingerprint density at radius 3 is 1.76 bits per heavy atom. The van der Waals surface area contributed by atoms with Gasteiger partial charge in [0.2, 0.25) is 15.9 Å². The van der Waals surface area contributed by atoms with Crippen molar-refractivity contribution in [3.63, 3.8) is 0 Å². The topological polar surface area (TPSA) is 111 Å². The Kier molecular flexibility index (Phi) is 12.7. The molecule has 0 aromatic heterocycles. The van der Waals surface area contributed by atoms with Crippen molar-refractivity contribution in [2.45, 2.75) is 120 Å². The van der Waals surface area contributed by atoms with Crippen molar-refractivity contribution in [3.05, 3.63) is 0 Å². The molecule has 0 aliphatic heterocycles. The third kappa shape index (κ3) is 12.4. The molecule has 0 rings (SSSR count). The lowest BCUT2D eigenvalue weighted by Crippen LogP contribution is -2.46. The summed E-state index contributed by atoms with van der Waals surface area (Å²) >= 11 is 0. The number of hydrogen-bond acceptors (Lipinski definition) is 6. The molecule has 2 N–H and O–H groups in total. The van der Waals surface area contributed by atoms with Crippen molar-refractivity contribution in [3.8, 4) is 0 Å². The SMILES string of the molecule is CNS(=O)(=O)CC(C)(C)CC(C)(C)C(=O)NCCOC(C)(C)CCOC(C)(C)C(C)(C)CC(C)(C)C(C)=O. The van der Waals surface area contributed by atoms with Gasteiger partial charge in [0.1, 0.15) is 5.78 Å². The molecule has 9 heteroatoms. The maximum Gasteiger partial charge on any atom is 0.225 e. The van der Waals surface area contributed by atoms with Gasteiger partial charge in [-0.15, -0.1) is 0 Å². The molecule has 0 aromatic rings. The normalized spacial score (nSPS) is 14.5. The minimum Gasteiger partial charge on any atom is -0.375 e. The summed E-state index contributed by atoms with van der Waals surface area (Å²) in [4.78, 5) is 24.9. The fourth-order valence-corrected chi connectivity index (χ4v) is 6.18. The van der Waals surface area contributed by atoms with Crippen molar-refractivity contribution < 1.29 is 27.5 Å². The van der Waals surface area contributed by atoms with Gasteiger partial charge < -0.3 is 14.8 Å².